The number of carbonyl (C=O) groups is 2. The third-order valence-electron chi connectivity index (χ3n) is 5.95. The Balaban J connectivity index is 1.40. The van der Waals surface area contributed by atoms with Crippen molar-refractivity contribution in [3.8, 4) is 0 Å². The van der Waals surface area contributed by atoms with Crippen molar-refractivity contribution in [2.24, 2.45) is 5.92 Å². The van der Waals surface area contributed by atoms with Crippen LogP contribution in [-0.2, 0) is 9.59 Å². The molecule has 6 heteroatoms. The second-order valence-corrected chi connectivity index (χ2v) is 7.68. The Hall–Kier alpha value is -1.14. The molecule has 3 heterocycles. The van der Waals surface area contributed by atoms with Crippen molar-refractivity contribution in [2.75, 3.05) is 58.9 Å². The Morgan fingerprint density at radius 3 is 2.46 bits per heavy atom. The molecule has 24 heavy (non-hydrogen) atoms. The molecule has 136 valence electrons. The van der Waals surface area contributed by atoms with Gasteiger partial charge in [-0.1, -0.05) is 6.92 Å². The molecular formula is C18H32N4O2. The Kier molecular flexibility index (Phi) is 5.76. The first-order chi connectivity index (χ1) is 11.5. The molecule has 2 atom stereocenters. The van der Waals surface area contributed by atoms with Gasteiger partial charge in [-0.05, 0) is 25.3 Å². The second kappa shape index (κ2) is 7.83. The lowest BCUT2D eigenvalue weighted by atomic mass is 10.0. The van der Waals surface area contributed by atoms with Gasteiger partial charge in [0.2, 0.25) is 11.8 Å². The fourth-order valence-electron chi connectivity index (χ4n) is 4.50. The monoisotopic (exact) mass is 336 g/mol. The average Bonchev–Trinajstić information content (AvgIpc) is 3.13. The normalized spacial score (nSPS) is 29.7. The molecule has 3 fully saturated rings. The van der Waals surface area contributed by atoms with E-state index < -0.39 is 0 Å². The van der Waals surface area contributed by atoms with Crippen molar-refractivity contribution < 1.29 is 9.59 Å². The molecule has 3 saturated heterocycles. The van der Waals surface area contributed by atoms with Crippen LogP contribution in [0.25, 0.3) is 0 Å². The van der Waals surface area contributed by atoms with E-state index in [4.69, 9.17) is 0 Å². The lowest BCUT2D eigenvalue weighted by Crippen LogP contribution is -2.53. The first kappa shape index (κ1) is 17.7. The zero-order chi connectivity index (χ0) is 17.1. The van der Waals surface area contributed by atoms with E-state index in [1.165, 1.54) is 0 Å². The zero-order valence-electron chi connectivity index (χ0n) is 15.2. The largest absolute Gasteiger partial charge is 0.343 e. The molecule has 0 spiro atoms. The van der Waals surface area contributed by atoms with Crippen molar-refractivity contribution in [1.29, 1.82) is 0 Å². The van der Waals surface area contributed by atoms with Gasteiger partial charge < -0.3 is 14.7 Å². The van der Waals surface area contributed by atoms with E-state index in [1.54, 1.807) is 6.92 Å². The van der Waals surface area contributed by atoms with Crippen molar-refractivity contribution >= 4 is 11.8 Å². The third kappa shape index (κ3) is 4.09. The maximum absolute atomic E-state index is 11.7. The molecule has 3 aliphatic heterocycles. The Bertz CT molecular complexity index is 462. The Morgan fingerprint density at radius 2 is 1.83 bits per heavy atom. The van der Waals surface area contributed by atoms with Gasteiger partial charge in [-0.15, -0.1) is 0 Å². The fraction of sp³-hybridized carbons (Fsp3) is 0.889. The SMILES string of the molecule is CC(=O)N1CCN([C@H]2CN(CCCN3CCCC3=O)C[C@@H]2C)CC1. The molecule has 6 nitrogen and oxygen atoms in total. The molecule has 2 amide bonds. The van der Waals surface area contributed by atoms with Crippen molar-refractivity contribution in [2.45, 2.75) is 39.2 Å². The predicted octanol–water partition coefficient (Wildman–Crippen LogP) is 0.483. The lowest BCUT2D eigenvalue weighted by Gasteiger charge is -2.39. The van der Waals surface area contributed by atoms with Crippen LogP contribution in [0.2, 0.25) is 0 Å². The van der Waals surface area contributed by atoms with Gasteiger partial charge in [0.25, 0.3) is 0 Å². The summed E-state index contributed by atoms with van der Waals surface area (Å²) in [7, 11) is 0. The predicted molar refractivity (Wildman–Crippen MR) is 93.7 cm³/mol. The molecule has 0 aromatic rings. The number of hydrogen-bond acceptors (Lipinski definition) is 4. The number of nitrogens with zero attached hydrogens (tertiary/aromatic N) is 4. The van der Waals surface area contributed by atoms with Gasteiger partial charge in [0.1, 0.15) is 0 Å². The number of hydrogen-bond donors (Lipinski definition) is 0. The summed E-state index contributed by atoms with van der Waals surface area (Å²) < 4.78 is 0. The lowest BCUT2D eigenvalue weighted by molar-refractivity contribution is -0.131. The van der Waals surface area contributed by atoms with Crippen molar-refractivity contribution in [3.05, 3.63) is 0 Å². The van der Waals surface area contributed by atoms with Crippen LogP contribution < -0.4 is 0 Å². The molecule has 3 rings (SSSR count). The highest BCUT2D eigenvalue weighted by molar-refractivity contribution is 5.78. The molecule has 3 aliphatic rings. The summed E-state index contributed by atoms with van der Waals surface area (Å²) >= 11 is 0. The Morgan fingerprint density at radius 1 is 1.08 bits per heavy atom. The molecule has 0 aliphatic carbocycles. The first-order valence-electron chi connectivity index (χ1n) is 9.54. The maximum atomic E-state index is 11.7. The highest BCUT2D eigenvalue weighted by atomic mass is 16.2. The summed E-state index contributed by atoms with van der Waals surface area (Å²) in [6, 6.07) is 0.618. The minimum Gasteiger partial charge on any atom is -0.343 e. The molecule has 0 unspecified atom stereocenters. The summed E-state index contributed by atoms with van der Waals surface area (Å²) in [6.45, 7) is 13.0. The molecule has 0 aromatic heterocycles. The van der Waals surface area contributed by atoms with E-state index in [0.29, 0.717) is 17.9 Å². The van der Waals surface area contributed by atoms with Crippen LogP contribution in [0.1, 0.15) is 33.1 Å². The first-order valence-corrected chi connectivity index (χ1v) is 9.54. The van der Waals surface area contributed by atoms with E-state index in [0.717, 1.165) is 78.2 Å². The number of amides is 2. The van der Waals surface area contributed by atoms with E-state index in [-0.39, 0.29) is 5.91 Å². The smallest absolute Gasteiger partial charge is 0.222 e. The van der Waals surface area contributed by atoms with E-state index >= 15 is 0 Å². The number of rotatable bonds is 5. The molecule has 0 radical (unpaired) electrons. The van der Waals surface area contributed by atoms with Crippen LogP contribution in [0.4, 0.5) is 0 Å². The van der Waals surface area contributed by atoms with Gasteiger partial charge in [0.05, 0.1) is 0 Å². The average molecular weight is 336 g/mol. The van der Waals surface area contributed by atoms with Crippen LogP contribution in [0.3, 0.4) is 0 Å². The minimum atomic E-state index is 0.201. The van der Waals surface area contributed by atoms with E-state index in [1.807, 2.05) is 9.80 Å². The zero-order valence-corrected chi connectivity index (χ0v) is 15.2. The van der Waals surface area contributed by atoms with Crippen LogP contribution in [0, 0.1) is 5.92 Å². The number of likely N-dealkylation sites (tertiary alicyclic amines) is 2. The summed E-state index contributed by atoms with van der Waals surface area (Å²) in [6.07, 6.45) is 2.87. The van der Waals surface area contributed by atoms with Gasteiger partial charge in [0, 0.05) is 71.7 Å². The minimum absolute atomic E-state index is 0.201. The van der Waals surface area contributed by atoms with Gasteiger partial charge in [-0.2, -0.15) is 0 Å². The topological polar surface area (TPSA) is 47.1 Å². The van der Waals surface area contributed by atoms with Crippen molar-refractivity contribution in [3.63, 3.8) is 0 Å². The van der Waals surface area contributed by atoms with E-state index in [2.05, 4.69) is 16.7 Å². The number of carbonyl (C=O) groups excluding carboxylic acids is 2. The quantitative estimate of drug-likeness (QED) is 0.733. The van der Waals surface area contributed by atoms with E-state index in [9.17, 15) is 9.59 Å². The number of piperazine rings is 1. The molecular weight excluding hydrogens is 304 g/mol. The second-order valence-electron chi connectivity index (χ2n) is 7.68. The summed E-state index contributed by atoms with van der Waals surface area (Å²) in [5.74, 6) is 1.22. The van der Waals surface area contributed by atoms with Crippen LogP contribution >= 0.6 is 0 Å². The van der Waals surface area contributed by atoms with Crippen molar-refractivity contribution in [1.82, 2.24) is 19.6 Å². The van der Waals surface area contributed by atoms with Gasteiger partial charge in [-0.3, -0.25) is 14.5 Å². The van der Waals surface area contributed by atoms with Gasteiger partial charge in [0.15, 0.2) is 0 Å². The molecule has 0 N–H and O–H groups in total. The fourth-order valence-corrected chi connectivity index (χ4v) is 4.50. The summed E-state index contributed by atoms with van der Waals surface area (Å²) in [5.41, 5.74) is 0. The molecule has 0 bridgehead atoms. The maximum Gasteiger partial charge on any atom is 0.222 e. The highest BCUT2D eigenvalue weighted by Crippen LogP contribution is 2.23. The summed E-state index contributed by atoms with van der Waals surface area (Å²) in [5, 5.41) is 0. The van der Waals surface area contributed by atoms with Crippen LogP contribution in [-0.4, -0.2) is 96.4 Å². The molecule has 0 saturated carbocycles. The van der Waals surface area contributed by atoms with Gasteiger partial charge >= 0.3 is 0 Å². The third-order valence-corrected chi connectivity index (χ3v) is 5.95. The van der Waals surface area contributed by atoms with Gasteiger partial charge in [-0.25, -0.2) is 0 Å². The summed E-state index contributed by atoms with van der Waals surface area (Å²) in [4.78, 5) is 32.3. The Labute approximate surface area is 145 Å². The highest BCUT2D eigenvalue weighted by Gasteiger charge is 2.35. The van der Waals surface area contributed by atoms with Crippen LogP contribution in [0.15, 0.2) is 0 Å². The van der Waals surface area contributed by atoms with Crippen LogP contribution in [0.5, 0.6) is 0 Å². The standard InChI is InChI=1S/C18H32N4O2/c1-15-13-19(6-4-8-22-7-3-5-18(22)24)14-17(15)21-11-9-20(10-12-21)16(2)23/h15,17H,3-14H2,1-2H3/t15-,17-/m0/s1. The molecule has 0 aromatic carbocycles.